The van der Waals surface area contributed by atoms with E-state index in [9.17, 15) is 0 Å². The smallest absolute Gasteiger partial charge is 0.164 e. The molecular formula is C19H24N6. The molecule has 1 N–H and O–H groups in total. The van der Waals surface area contributed by atoms with E-state index >= 15 is 0 Å². The Morgan fingerprint density at radius 2 is 2.00 bits per heavy atom. The normalized spacial score (nSPS) is 17.2. The number of aromatic nitrogens is 5. The highest BCUT2D eigenvalue weighted by molar-refractivity contribution is 5.36. The molecule has 130 valence electrons. The first kappa shape index (κ1) is 16.0. The summed E-state index contributed by atoms with van der Waals surface area (Å²) < 4.78 is 2.09. The summed E-state index contributed by atoms with van der Waals surface area (Å²) in [4.78, 5) is 6.88. The minimum absolute atomic E-state index is 0.156. The Kier molecular flexibility index (Phi) is 3.92. The summed E-state index contributed by atoms with van der Waals surface area (Å²) in [6, 6.07) is 10.4. The molecule has 4 rings (SSSR count). The molecule has 0 unspecified atom stereocenters. The summed E-state index contributed by atoms with van der Waals surface area (Å²) >= 11 is 0. The summed E-state index contributed by atoms with van der Waals surface area (Å²) in [7, 11) is 0. The summed E-state index contributed by atoms with van der Waals surface area (Å²) in [6.07, 6.45) is 3.01. The molecule has 0 fully saturated rings. The Balaban J connectivity index is 1.66. The van der Waals surface area contributed by atoms with E-state index in [0.29, 0.717) is 0 Å². The Bertz CT molecular complexity index is 861. The van der Waals surface area contributed by atoms with Gasteiger partial charge in [0.15, 0.2) is 5.82 Å². The van der Waals surface area contributed by atoms with Crippen LogP contribution in [0.4, 0.5) is 0 Å². The van der Waals surface area contributed by atoms with Crippen molar-refractivity contribution >= 4 is 0 Å². The predicted octanol–water partition coefficient (Wildman–Crippen LogP) is 2.88. The molecule has 1 aromatic carbocycles. The second kappa shape index (κ2) is 6.11. The maximum Gasteiger partial charge on any atom is 0.164 e. The van der Waals surface area contributed by atoms with Gasteiger partial charge in [0, 0.05) is 24.3 Å². The van der Waals surface area contributed by atoms with E-state index < -0.39 is 0 Å². The molecule has 0 radical (unpaired) electrons. The van der Waals surface area contributed by atoms with Crippen molar-refractivity contribution in [3.63, 3.8) is 0 Å². The molecule has 2 aromatic heterocycles. The molecule has 3 aromatic rings. The van der Waals surface area contributed by atoms with Crippen LogP contribution in [0.5, 0.6) is 0 Å². The Hall–Kier alpha value is -2.47. The topological polar surface area (TPSA) is 62.6 Å². The fraction of sp³-hybridized carbons (Fsp3) is 0.421. The lowest BCUT2D eigenvalue weighted by Crippen LogP contribution is -2.33. The van der Waals surface area contributed by atoms with Crippen LogP contribution in [0.25, 0.3) is 5.69 Å². The minimum atomic E-state index is 0.156. The quantitative estimate of drug-likeness (QED) is 0.799. The number of benzene rings is 1. The molecule has 0 amide bonds. The average Bonchev–Trinajstić information content (AvgIpc) is 3.11. The zero-order valence-electron chi connectivity index (χ0n) is 15.0. The molecule has 0 atom stereocenters. The van der Waals surface area contributed by atoms with Gasteiger partial charge in [-0.1, -0.05) is 32.0 Å². The van der Waals surface area contributed by atoms with Crippen molar-refractivity contribution in [3.05, 3.63) is 59.4 Å². The lowest BCUT2D eigenvalue weighted by atomic mass is 9.87. The van der Waals surface area contributed by atoms with Crippen LogP contribution in [0, 0.1) is 12.3 Å². The number of rotatable bonds is 3. The minimum Gasteiger partial charge on any atom is -0.291 e. The molecule has 0 spiro atoms. The first-order valence-electron chi connectivity index (χ1n) is 8.72. The van der Waals surface area contributed by atoms with Crippen LogP contribution in [-0.4, -0.2) is 36.4 Å². The molecule has 1 aliphatic rings. The van der Waals surface area contributed by atoms with Crippen LogP contribution in [0.1, 0.15) is 36.8 Å². The van der Waals surface area contributed by atoms with Crippen molar-refractivity contribution in [3.8, 4) is 5.69 Å². The largest absolute Gasteiger partial charge is 0.291 e. The van der Waals surface area contributed by atoms with Gasteiger partial charge in [0.2, 0.25) is 0 Å². The van der Waals surface area contributed by atoms with Crippen molar-refractivity contribution in [2.75, 3.05) is 6.54 Å². The number of nitrogens with one attached hydrogen (secondary N) is 1. The van der Waals surface area contributed by atoms with Gasteiger partial charge in [-0.15, -0.1) is 0 Å². The molecule has 6 heteroatoms. The SMILES string of the molecule is Cc1nc(CN2Cc3cnn(-c4ccccc4)c3CC(C)(C)C2)n[nH]1. The van der Waals surface area contributed by atoms with Crippen molar-refractivity contribution in [2.45, 2.75) is 40.3 Å². The molecule has 6 nitrogen and oxygen atoms in total. The van der Waals surface area contributed by atoms with Gasteiger partial charge in [0.25, 0.3) is 0 Å². The summed E-state index contributed by atoms with van der Waals surface area (Å²) in [5, 5.41) is 11.9. The van der Waals surface area contributed by atoms with E-state index in [1.54, 1.807) is 0 Å². The highest BCUT2D eigenvalue weighted by Gasteiger charge is 2.31. The number of nitrogens with zero attached hydrogens (tertiary/aromatic N) is 5. The third kappa shape index (κ3) is 3.35. The standard InChI is InChI=1S/C19H24N6/c1-14-21-18(23-22-14)12-24-11-15-10-20-25(16-7-5-4-6-8-16)17(15)9-19(2,3)13-24/h4-8,10H,9,11-13H2,1-3H3,(H,21,22,23). The van der Waals surface area contributed by atoms with Gasteiger partial charge >= 0.3 is 0 Å². The Morgan fingerprint density at radius 1 is 1.20 bits per heavy atom. The Labute approximate surface area is 147 Å². The lowest BCUT2D eigenvalue weighted by molar-refractivity contribution is 0.169. The fourth-order valence-corrected chi connectivity index (χ4v) is 3.70. The van der Waals surface area contributed by atoms with Gasteiger partial charge in [-0.25, -0.2) is 9.67 Å². The van der Waals surface area contributed by atoms with Gasteiger partial charge < -0.3 is 0 Å². The lowest BCUT2D eigenvalue weighted by Gasteiger charge is -2.29. The van der Waals surface area contributed by atoms with Gasteiger partial charge in [0.1, 0.15) is 5.82 Å². The third-order valence-electron chi connectivity index (χ3n) is 4.66. The number of hydrogen-bond acceptors (Lipinski definition) is 4. The molecule has 1 aliphatic heterocycles. The number of H-pyrrole nitrogens is 1. The van der Waals surface area contributed by atoms with Crippen molar-refractivity contribution in [2.24, 2.45) is 5.41 Å². The van der Waals surface area contributed by atoms with Crippen molar-refractivity contribution < 1.29 is 0 Å². The first-order valence-corrected chi connectivity index (χ1v) is 8.72. The summed E-state index contributed by atoms with van der Waals surface area (Å²) in [6.45, 7) is 9.21. The predicted molar refractivity (Wildman–Crippen MR) is 96.3 cm³/mol. The van der Waals surface area contributed by atoms with Crippen LogP contribution in [0.2, 0.25) is 0 Å². The van der Waals surface area contributed by atoms with E-state index in [2.05, 4.69) is 68.0 Å². The first-order chi connectivity index (χ1) is 12.0. The number of aryl methyl sites for hydroxylation is 1. The molecule has 0 aliphatic carbocycles. The molecule has 25 heavy (non-hydrogen) atoms. The number of para-hydroxylation sites is 1. The monoisotopic (exact) mass is 336 g/mol. The maximum atomic E-state index is 4.67. The van der Waals surface area contributed by atoms with Crippen LogP contribution in [0.15, 0.2) is 36.5 Å². The highest BCUT2D eigenvalue weighted by Crippen LogP contribution is 2.31. The third-order valence-corrected chi connectivity index (χ3v) is 4.66. The highest BCUT2D eigenvalue weighted by atomic mass is 15.3. The van der Waals surface area contributed by atoms with Crippen molar-refractivity contribution in [1.29, 1.82) is 0 Å². The number of aromatic amines is 1. The molecule has 3 heterocycles. The summed E-state index contributed by atoms with van der Waals surface area (Å²) in [5.41, 5.74) is 3.88. The number of hydrogen-bond donors (Lipinski definition) is 1. The molecule has 0 bridgehead atoms. The van der Waals surface area contributed by atoms with E-state index in [1.165, 1.54) is 11.3 Å². The molecular weight excluding hydrogens is 312 g/mol. The van der Waals surface area contributed by atoms with E-state index in [4.69, 9.17) is 0 Å². The second-order valence-electron chi connectivity index (χ2n) is 7.69. The zero-order valence-corrected chi connectivity index (χ0v) is 15.0. The van der Waals surface area contributed by atoms with Crippen LogP contribution in [-0.2, 0) is 19.5 Å². The average molecular weight is 336 g/mol. The van der Waals surface area contributed by atoms with Gasteiger partial charge in [-0.2, -0.15) is 10.2 Å². The van der Waals surface area contributed by atoms with Crippen LogP contribution >= 0.6 is 0 Å². The fourth-order valence-electron chi connectivity index (χ4n) is 3.70. The second-order valence-corrected chi connectivity index (χ2v) is 7.69. The van der Waals surface area contributed by atoms with E-state index in [0.717, 1.165) is 43.4 Å². The van der Waals surface area contributed by atoms with Gasteiger partial charge in [-0.05, 0) is 30.9 Å². The van der Waals surface area contributed by atoms with E-state index in [1.807, 2.05) is 19.2 Å². The zero-order chi connectivity index (χ0) is 17.4. The maximum absolute atomic E-state index is 4.67. The molecule has 0 saturated carbocycles. The summed E-state index contributed by atoms with van der Waals surface area (Å²) in [5.74, 6) is 1.72. The van der Waals surface area contributed by atoms with Gasteiger partial charge in [-0.3, -0.25) is 10.00 Å². The van der Waals surface area contributed by atoms with Crippen molar-refractivity contribution in [1.82, 2.24) is 29.9 Å². The van der Waals surface area contributed by atoms with Gasteiger partial charge in [0.05, 0.1) is 18.4 Å². The van der Waals surface area contributed by atoms with Crippen LogP contribution in [0.3, 0.4) is 0 Å². The van der Waals surface area contributed by atoms with Crippen LogP contribution < -0.4 is 0 Å². The van der Waals surface area contributed by atoms with E-state index in [-0.39, 0.29) is 5.41 Å². The Morgan fingerprint density at radius 3 is 2.72 bits per heavy atom. The molecule has 0 saturated heterocycles. The number of fused-ring (bicyclic) bond motifs is 1.